The minimum Gasteiger partial charge on any atom is -0.507 e. The predicted molar refractivity (Wildman–Crippen MR) is 168 cm³/mol. The van der Waals surface area contributed by atoms with E-state index >= 15 is 0 Å². The second kappa shape index (κ2) is 15.8. The van der Waals surface area contributed by atoms with E-state index in [0.29, 0.717) is 0 Å². The van der Waals surface area contributed by atoms with Crippen LogP contribution >= 0.6 is 0 Å². The van der Waals surface area contributed by atoms with Crippen molar-refractivity contribution in [2.75, 3.05) is 19.8 Å². The van der Waals surface area contributed by atoms with Gasteiger partial charge in [-0.2, -0.15) is 0 Å². The largest absolute Gasteiger partial charge is 0.507 e. The molecule has 3 aromatic rings. The Balaban J connectivity index is 1.46. The van der Waals surface area contributed by atoms with E-state index in [2.05, 4.69) is 0 Å². The van der Waals surface area contributed by atoms with Crippen LogP contribution in [0.5, 0.6) is 23.0 Å². The molecule has 21 nitrogen and oxygen atoms in total. The fraction of sp³-hybridized carbons (Fsp3) is 0.469. The smallest absolute Gasteiger partial charge is 0.340 e. The summed E-state index contributed by atoms with van der Waals surface area (Å²) in [6, 6.07) is 5.44. The molecule has 2 saturated heterocycles. The summed E-state index contributed by atoms with van der Waals surface area (Å²) in [7, 11) is 0. The Labute approximate surface area is 296 Å². The van der Waals surface area contributed by atoms with E-state index in [1.165, 1.54) is 6.07 Å². The van der Waals surface area contributed by atoms with Crippen LogP contribution in [-0.4, -0.2) is 154 Å². The van der Waals surface area contributed by atoms with Gasteiger partial charge in [-0.15, -0.1) is 0 Å². The lowest BCUT2D eigenvalue weighted by atomic mass is 9.94. The lowest BCUT2D eigenvalue weighted by Crippen LogP contribution is -2.69. The molecule has 2 aromatic carbocycles. The van der Waals surface area contributed by atoms with Crippen LogP contribution in [0.2, 0.25) is 0 Å². The molecule has 12 N–H and O–H groups in total. The maximum absolute atomic E-state index is 13.2. The van der Waals surface area contributed by atoms with Gasteiger partial charge in [0.25, 0.3) is 0 Å². The number of ether oxygens (including phenoxy) is 5. The fourth-order valence-electron chi connectivity index (χ4n) is 5.70. The van der Waals surface area contributed by atoms with Crippen LogP contribution < -0.4 is 10.2 Å². The van der Waals surface area contributed by atoms with Gasteiger partial charge < -0.3 is 89.4 Å². The Morgan fingerprint density at radius 3 is 2.23 bits per heavy atom. The van der Waals surface area contributed by atoms with Gasteiger partial charge in [0.15, 0.2) is 23.0 Å². The summed E-state index contributed by atoms with van der Waals surface area (Å²) in [5.41, 5.74) is -0.845. The average molecular weight is 757 g/mol. The van der Waals surface area contributed by atoms with Crippen LogP contribution in [0.4, 0.5) is 0 Å². The van der Waals surface area contributed by atoms with Crippen molar-refractivity contribution in [2.24, 2.45) is 0 Å². The molecule has 290 valence electrons. The molecule has 9 unspecified atom stereocenters. The molecule has 0 bridgehead atoms. The van der Waals surface area contributed by atoms with E-state index < -0.39 is 95.7 Å². The summed E-state index contributed by atoms with van der Waals surface area (Å²) in [5.74, 6) is -9.47. The van der Waals surface area contributed by atoms with E-state index in [-0.39, 0.29) is 66.3 Å². The SMILES string of the molecule is O=C(OC1OC(C(=O)O)C(O)(O)C(O)C1O)C1OC(Oc2cc(O)c3c(=O)cc(-c4cc(O)c(O)c(CCO)c4)oc3c2)C(OCCCO)C(O)C1O. The summed E-state index contributed by atoms with van der Waals surface area (Å²) in [5, 5.41) is 121. The second-order valence-electron chi connectivity index (χ2n) is 12.1. The van der Waals surface area contributed by atoms with Gasteiger partial charge in [0.1, 0.15) is 58.7 Å². The number of aliphatic carboxylic acids is 1. The number of esters is 1. The predicted octanol–water partition coefficient (Wildman–Crippen LogP) is -3.54. The standard InChI is InChI=1S/C32H36O21/c33-3-1-5-48-25-22(40)21(39)24(29(45)53-30-23(41)26(42)32(46,47)27(52-30)28(43)44)51-31(25)49-13-8-14(35)19-15(36)10-17(50-18(19)9-13)12-6-11(2-4-34)20(38)16(37)7-12/h6-10,21-27,30-31,33-35,37-42,46-47H,1-5H2,(H,43,44). The van der Waals surface area contributed by atoms with E-state index in [1.807, 2.05) is 0 Å². The van der Waals surface area contributed by atoms with Gasteiger partial charge in [-0.3, -0.25) is 4.79 Å². The highest BCUT2D eigenvalue weighted by atomic mass is 16.8. The first-order valence-electron chi connectivity index (χ1n) is 15.8. The number of benzene rings is 2. The van der Waals surface area contributed by atoms with Crippen molar-refractivity contribution < 1.29 is 99.0 Å². The maximum atomic E-state index is 13.2. The number of phenols is 3. The van der Waals surface area contributed by atoms with Crippen molar-refractivity contribution in [2.45, 2.75) is 73.9 Å². The molecule has 53 heavy (non-hydrogen) atoms. The van der Waals surface area contributed by atoms with E-state index in [4.69, 9.17) is 28.1 Å². The monoisotopic (exact) mass is 756 g/mol. The molecule has 5 rings (SSSR count). The number of phenolic OH excluding ortho intramolecular Hbond substituents is 3. The third-order valence-electron chi connectivity index (χ3n) is 8.41. The van der Waals surface area contributed by atoms with Crippen molar-refractivity contribution >= 4 is 22.9 Å². The first-order valence-corrected chi connectivity index (χ1v) is 15.8. The lowest BCUT2D eigenvalue weighted by molar-refractivity contribution is -0.372. The summed E-state index contributed by atoms with van der Waals surface area (Å²) >= 11 is 0. The summed E-state index contributed by atoms with van der Waals surface area (Å²) in [6.07, 6.45) is -20.1. The van der Waals surface area contributed by atoms with Crippen LogP contribution in [0.1, 0.15) is 12.0 Å². The molecular weight excluding hydrogens is 720 g/mol. The first-order chi connectivity index (χ1) is 25.0. The molecule has 0 aliphatic carbocycles. The molecule has 2 fully saturated rings. The fourth-order valence-corrected chi connectivity index (χ4v) is 5.70. The Morgan fingerprint density at radius 2 is 1.57 bits per heavy atom. The normalized spacial score (nSPS) is 28.4. The summed E-state index contributed by atoms with van der Waals surface area (Å²) in [4.78, 5) is 37.8. The molecule has 21 heteroatoms. The third-order valence-corrected chi connectivity index (χ3v) is 8.41. The van der Waals surface area contributed by atoms with Crippen molar-refractivity contribution in [3.05, 3.63) is 46.1 Å². The molecule has 0 saturated carbocycles. The summed E-state index contributed by atoms with van der Waals surface area (Å²) < 4.78 is 32.4. The number of hydrogen-bond acceptors (Lipinski definition) is 20. The number of rotatable bonds is 12. The van der Waals surface area contributed by atoms with Crippen LogP contribution in [0, 0.1) is 0 Å². The molecule has 1 aromatic heterocycles. The van der Waals surface area contributed by atoms with Crippen molar-refractivity contribution in [1.29, 1.82) is 0 Å². The highest BCUT2D eigenvalue weighted by Gasteiger charge is 2.59. The van der Waals surface area contributed by atoms with Crippen molar-refractivity contribution in [3.63, 3.8) is 0 Å². The molecule has 2 aliphatic rings. The zero-order chi connectivity index (χ0) is 38.9. The maximum Gasteiger partial charge on any atom is 0.340 e. The number of carbonyl (C=O) groups is 2. The number of hydrogen-bond donors (Lipinski definition) is 12. The number of aromatic hydroxyl groups is 3. The molecule has 2 aliphatic heterocycles. The lowest BCUT2D eigenvalue weighted by Gasteiger charge is -2.44. The Hall–Kier alpha value is -4.65. The van der Waals surface area contributed by atoms with Crippen LogP contribution in [-0.2, 0) is 35.0 Å². The highest BCUT2D eigenvalue weighted by Crippen LogP contribution is 2.38. The quantitative estimate of drug-likeness (QED) is 0.0368. The van der Waals surface area contributed by atoms with Crippen LogP contribution in [0.15, 0.2) is 39.5 Å². The number of aliphatic hydroxyl groups excluding tert-OH is 6. The minimum atomic E-state index is -3.52. The van der Waals surface area contributed by atoms with Crippen LogP contribution in [0.3, 0.4) is 0 Å². The van der Waals surface area contributed by atoms with Crippen LogP contribution in [0.25, 0.3) is 22.3 Å². The van der Waals surface area contributed by atoms with Gasteiger partial charge in [0.05, 0.1) is 0 Å². The molecule has 0 spiro atoms. The Kier molecular flexibility index (Phi) is 11.8. The van der Waals surface area contributed by atoms with Gasteiger partial charge in [-0.05, 0) is 25.0 Å². The number of carbonyl (C=O) groups excluding carboxylic acids is 1. The van der Waals surface area contributed by atoms with E-state index in [9.17, 15) is 75.7 Å². The Morgan fingerprint density at radius 1 is 0.849 bits per heavy atom. The number of fused-ring (bicyclic) bond motifs is 1. The van der Waals surface area contributed by atoms with Crippen molar-refractivity contribution in [1.82, 2.24) is 0 Å². The highest BCUT2D eigenvalue weighted by molar-refractivity contribution is 5.86. The van der Waals surface area contributed by atoms with Gasteiger partial charge in [-0.1, -0.05) is 0 Å². The first kappa shape index (κ1) is 39.6. The zero-order valence-electron chi connectivity index (χ0n) is 27.2. The second-order valence-corrected chi connectivity index (χ2v) is 12.1. The number of carboxylic acid groups (broad SMARTS) is 1. The minimum absolute atomic E-state index is 0.0240. The molecule has 3 heterocycles. The molecule has 0 radical (unpaired) electrons. The summed E-state index contributed by atoms with van der Waals surface area (Å²) in [6.45, 7) is -0.991. The van der Waals surface area contributed by atoms with Gasteiger partial charge in [-0.25, -0.2) is 9.59 Å². The topological polar surface area (TPSA) is 353 Å². The molecular formula is C32H36O21. The Bertz CT molecular complexity index is 1870. The molecule has 9 atom stereocenters. The van der Waals surface area contributed by atoms with Gasteiger partial charge in [0, 0.05) is 49.1 Å². The van der Waals surface area contributed by atoms with Crippen molar-refractivity contribution in [3.8, 4) is 34.3 Å². The van der Waals surface area contributed by atoms with Gasteiger partial charge in [0.2, 0.25) is 24.5 Å². The van der Waals surface area contributed by atoms with E-state index in [1.54, 1.807) is 0 Å². The number of aliphatic hydroxyl groups is 8. The molecule has 0 amide bonds. The van der Waals surface area contributed by atoms with Gasteiger partial charge >= 0.3 is 11.9 Å². The third kappa shape index (κ3) is 7.85. The average Bonchev–Trinajstić information content (AvgIpc) is 3.09. The number of carboxylic acids is 1. The zero-order valence-corrected chi connectivity index (χ0v) is 27.2. The van der Waals surface area contributed by atoms with E-state index in [0.717, 1.165) is 24.3 Å².